The Balaban J connectivity index is 1.57. The molecular formula is C16H30N2O2. The molecule has 2 unspecified atom stereocenters. The first-order chi connectivity index (χ1) is 9.65. The van der Waals surface area contributed by atoms with Gasteiger partial charge in [-0.25, -0.2) is 0 Å². The minimum Gasteiger partial charge on any atom is -0.375 e. The number of ether oxygens (including phenoxy) is 1. The Bertz CT molecular complexity index is 293. The molecule has 1 saturated carbocycles. The predicted octanol–water partition coefficient (Wildman–Crippen LogP) is 2.23. The SMILES string of the molecule is CC1CC(NCCNC(=O)C2CCCCC2)CC(C)O1. The first-order valence-corrected chi connectivity index (χ1v) is 8.31. The van der Waals surface area contributed by atoms with E-state index in [4.69, 9.17) is 4.74 Å². The molecule has 2 atom stereocenters. The van der Waals surface area contributed by atoms with Gasteiger partial charge in [-0.2, -0.15) is 0 Å². The second kappa shape index (κ2) is 7.99. The van der Waals surface area contributed by atoms with E-state index in [1.54, 1.807) is 0 Å². The number of carbonyl (C=O) groups is 1. The van der Waals surface area contributed by atoms with Crippen LogP contribution in [0.4, 0.5) is 0 Å². The molecule has 2 N–H and O–H groups in total. The Hall–Kier alpha value is -0.610. The number of nitrogens with one attached hydrogen (secondary N) is 2. The average Bonchev–Trinajstić information content (AvgIpc) is 2.43. The molecule has 1 saturated heterocycles. The highest BCUT2D eigenvalue weighted by molar-refractivity contribution is 5.78. The fraction of sp³-hybridized carbons (Fsp3) is 0.938. The normalized spacial score (nSPS) is 32.0. The van der Waals surface area contributed by atoms with Crippen molar-refractivity contribution in [3.8, 4) is 0 Å². The van der Waals surface area contributed by atoms with Gasteiger partial charge in [0.15, 0.2) is 0 Å². The molecule has 0 aromatic carbocycles. The second-order valence-electron chi connectivity index (χ2n) is 6.51. The van der Waals surface area contributed by atoms with Crippen LogP contribution in [-0.2, 0) is 9.53 Å². The van der Waals surface area contributed by atoms with Gasteiger partial charge in [-0.05, 0) is 39.5 Å². The van der Waals surface area contributed by atoms with Gasteiger partial charge in [-0.3, -0.25) is 4.79 Å². The van der Waals surface area contributed by atoms with Gasteiger partial charge >= 0.3 is 0 Å². The summed E-state index contributed by atoms with van der Waals surface area (Å²) in [4.78, 5) is 12.0. The van der Waals surface area contributed by atoms with Gasteiger partial charge in [0.2, 0.25) is 5.91 Å². The molecule has 0 aromatic rings. The summed E-state index contributed by atoms with van der Waals surface area (Å²) in [5, 5.41) is 6.63. The van der Waals surface area contributed by atoms with Crippen molar-refractivity contribution in [2.45, 2.75) is 77.0 Å². The van der Waals surface area contributed by atoms with Crippen molar-refractivity contribution in [2.24, 2.45) is 5.92 Å². The Morgan fingerprint density at radius 2 is 1.70 bits per heavy atom. The number of carbonyl (C=O) groups excluding carboxylic acids is 1. The summed E-state index contributed by atoms with van der Waals surface area (Å²) in [6.45, 7) is 5.88. The monoisotopic (exact) mass is 282 g/mol. The second-order valence-corrected chi connectivity index (χ2v) is 6.51. The van der Waals surface area contributed by atoms with E-state index < -0.39 is 0 Å². The summed E-state index contributed by atoms with van der Waals surface area (Å²) in [6, 6.07) is 0.528. The Kier molecular flexibility index (Phi) is 6.30. The quantitative estimate of drug-likeness (QED) is 0.760. The fourth-order valence-corrected chi connectivity index (χ4v) is 3.54. The maximum atomic E-state index is 12.0. The molecule has 116 valence electrons. The zero-order valence-electron chi connectivity index (χ0n) is 13.0. The third-order valence-corrected chi connectivity index (χ3v) is 4.53. The van der Waals surface area contributed by atoms with E-state index in [-0.39, 0.29) is 11.8 Å². The number of rotatable bonds is 5. The maximum Gasteiger partial charge on any atom is 0.223 e. The predicted molar refractivity (Wildman–Crippen MR) is 80.6 cm³/mol. The molecule has 0 radical (unpaired) electrons. The molecule has 0 spiro atoms. The lowest BCUT2D eigenvalue weighted by atomic mass is 9.89. The van der Waals surface area contributed by atoms with Crippen molar-refractivity contribution < 1.29 is 9.53 Å². The zero-order chi connectivity index (χ0) is 14.4. The fourth-order valence-electron chi connectivity index (χ4n) is 3.54. The Labute approximate surface area is 123 Å². The summed E-state index contributed by atoms with van der Waals surface area (Å²) in [7, 11) is 0. The van der Waals surface area contributed by atoms with Gasteiger partial charge in [0.1, 0.15) is 0 Å². The third kappa shape index (κ3) is 5.06. The van der Waals surface area contributed by atoms with Gasteiger partial charge in [-0.15, -0.1) is 0 Å². The molecule has 4 heteroatoms. The third-order valence-electron chi connectivity index (χ3n) is 4.53. The number of hydrogen-bond donors (Lipinski definition) is 2. The van der Waals surface area contributed by atoms with Crippen molar-refractivity contribution in [1.82, 2.24) is 10.6 Å². The van der Waals surface area contributed by atoms with Crippen LogP contribution in [0.5, 0.6) is 0 Å². The summed E-state index contributed by atoms with van der Waals surface area (Å²) in [5.41, 5.74) is 0. The lowest BCUT2D eigenvalue weighted by molar-refractivity contribution is -0.125. The Morgan fingerprint density at radius 1 is 1.05 bits per heavy atom. The van der Waals surface area contributed by atoms with E-state index in [1.165, 1.54) is 19.3 Å². The van der Waals surface area contributed by atoms with Gasteiger partial charge in [0.05, 0.1) is 12.2 Å². The first-order valence-electron chi connectivity index (χ1n) is 8.31. The lowest BCUT2D eigenvalue weighted by Gasteiger charge is -2.32. The van der Waals surface area contributed by atoms with E-state index in [0.29, 0.717) is 18.2 Å². The highest BCUT2D eigenvalue weighted by atomic mass is 16.5. The molecule has 0 aromatic heterocycles. The van der Waals surface area contributed by atoms with E-state index in [0.717, 1.165) is 38.8 Å². The molecule has 1 aliphatic carbocycles. The summed E-state index contributed by atoms with van der Waals surface area (Å²) >= 11 is 0. The smallest absolute Gasteiger partial charge is 0.223 e. The number of amides is 1. The van der Waals surface area contributed by atoms with E-state index in [9.17, 15) is 4.79 Å². The van der Waals surface area contributed by atoms with Crippen LogP contribution in [0.1, 0.15) is 58.8 Å². The average molecular weight is 282 g/mol. The molecule has 1 aliphatic heterocycles. The standard InChI is InChI=1S/C16H30N2O2/c1-12-10-15(11-13(2)20-12)17-8-9-18-16(19)14-6-4-3-5-7-14/h12-15,17H,3-11H2,1-2H3,(H,18,19). The summed E-state index contributed by atoms with van der Waals surface area (Å²) in [5.74, 6) is 0.534. The van der Waals surface area contributed by atoms with Crippen LogP contribution in [-0.4, -0.2) is 37.2 Å². The van der Waals surface area contributed by atoms with Crippen molar-refractivity contribution >= 4 is 5.91 Å². The molecule has 2 fully saturated rings. The van der Waals surface area contributed by atoms with Crippen LogP contribution >= 0.6 is 0 Å². The largest absolute Gasteiger partial charge is 0.375 e. The van der Waals surface area contributed by atoms with Crippen molar-refractivity contribution in [3.05, 3.63) is 0 Å². The molecule has 2 rings (SSSR count). The summed E-state index contributed by atoms with van der Waals surface area (Å²) < 4.78 is 5.73. The minimum atomic E-state index is 0.264. The van der Waals surface area contributed by atoms with E-state index in [2.05, 4.69) is 24.5 Å². The Morgan fingerprint density at radius 3 is 2.35 bits per heavy atom. The van der Waals surface area contributed by atoms with Crippen LogP contribution in [0.25, 0.3) is 0 Å². The van der Waals surface area contributed by atoms with Gasteiger partial charge in [-0.1, -0.05) is 19.3 Å². The lowest BCUT2D eigenvalue weighted by Crippen LogP contribution is -2.44. The van der Waals surface area contributed by atoms with Gasteiger partial charge in [0.25, 0.3) is 0 Å². The molecule has 2 aliphatic rings. The number of hydrogen-bond acceptors (Lipinski definition) is 3. The van der Waals surface area contributed by atoms with E-state index >= 15 is 0 Å². The molecule has 1 amide bonds. The molecule has 4 nitrogen and oxygen atoms in total. The topological polar surface area (TPSA) is 50.4 Å². The molecule has 0 bridgehead atoms. The van der Waals surface area contributed by atoms with Gasteiger partial charge < -0.3 is 15.4 Å². The van der Waals surface area contributed by atoms with Crippen molar-refractivity contribution in [3.63, 3.8) is 0 Å². The maximum absolute atomic E-state index is 12.0. The van der Waals surface area contributed by atoms with Crippen LogP contribution in [0.3, 0.4) is 0 Å². The van der Waals surface area contributed by atoms with Crippen LogP contribution in [0.15, 0.2) is 0 Å². The first kappa shape index (κ1) is 15.8. The minimum absolute atomic E-state index is 0.264. The van der Waals surface area contributed by atoms with Gasteiger partial charge in [0, 0.05) is 25.0 Å². The molecule has 20 heavy (non-hydrogen) atoms. The zero-order valence-corrected chi connectivity index (χ0v) is 13.0. The summed E-state index contributed by atoms with van der Waals surface area (Å²) in [6.07, 6.45) is 8.71. The van der Waals surface area contributed by atoms with Crippen molar-refractivity contribution in [1.29, 1.82) is 0 Å². The molecule has 1 heterocycles. The van der Waals surface area contributed by atoms with Crippen LogP contribution < -0.4 is 10.6 Å². The highest BCUT2D eigenvalue weighted by Gasteiger charge is 2.24. The van der Waals surface area contributed by atoms with Crippen LogP contribution in [0.2, 0.25) is 0 Å². The van der Waals surface area contributed by atoms with Crippen LogP contribution in [0, 0.1) is 5.92 Å². The van der Waals surface area contributed by atoms with E-state index in [1.807, 2.05) is 0 Å². The highest BCUT2D eigenvalue weighted by Crippen LogP contribution is 2.23. The van der Waals surface area contributed by atoms with Crippen molar-refractivity contribution in [2.75, 3.05) is 13.1 Å². The molecular weight excluding hydrogens is 252 g/mol.